The number of hydrogen-bond acceptors (Lipinski definition) is 7. The molecule has 0 bridgehead atoms. The van der Waals surface area contributed by atoms with E-state index < -0.39 is 11.9 Å². The fraction of sp³-hybridized carbons (Fsp3) is 0.412. The highest BCUT2D eigenvalue weighted by Gasteiger charge is 2.33. The molecular formula is C17H17F3N6O2. The molecule has 3 aromatic rings. The molecule has 0 amide bonds. The minimum Gasteiger partial charge on any atom is -0.396 e. The smallest absolute Gasteiger partial charge is 0.396 e. The van der Waals surface area contributed by atoms with Gasteiger partial charge in [-0.15, -0.1) is 0 Å². The molecule has 0 spiro atoms. The second kappa shape index (κ2) is 7.32. The highest BCUT2D eigenvalue weighted by atomic mass is 19.4. The molecule has 8 nitrogen and oxygen atoms in total. The van der Waals surface area contributed by atoms with E-state index in [4.69, 9.17) is 9.84 Å². The van der Waals surface area contributed by atoms with Gasteiger partial charge in [-0.1, -0.05) is 0 Å². The third-order valence-corrected chi connectivity index (χ3v) is 4.48. The monoisotopic (exact) mass is 394 g/mol. The van der Waals surface area contributed by atoms with Crippen molar-refractivity contribution >= 4 is 11.5 Å². The first kappa shape index (κ1) is 18.6. The lowest BCUT2D eigenvalue weighted by molar-refractivity contribution is -0.141. The number of morpholine rings is 1. The number of nitrogens with zero attached hydrogens (tertiary/aromatic N) is 6. The van der Waals surface area contributed by atoms with Crippen LogP contribution in [0.15, 0.2) is 30.7 Å². The minimum atomic E-state index is -4.55. The lowest BCUT2D eigenvalue weighted by atomic mass is 10.2. The van der Waals surface area contributed by atoms with Gasteiger partial charge in [0.1, 0.15) is 17.8 Å². The van der Waals surface area contributed by atoms with Crippen LogP contribution in [0.1, 0.15) is 12.1 Å². The zero-order chi connectivity index (χ0) is 19.7. The Bertz CT molecular complexity index is 975. The van der Waals surface area contributed by atoms with Gasteiger partial charge in [0.15, 0.2) is 11.3 Å². The van der Waals surface area contributed by atoms with Gasteiger partial charge in [0, 0.05) is 25.8 Å². The molecule has 1 unspecified atom stereocenters. The number of aliphatic hydroxyl groups is 1. The van der Waals surface area contributed by atoms with Crippen LogP contribution in [-0.2, 0) is 10.9 Å². The van der Waals surface area contributed by atoms with E-state index in [-0.39, 0.29) is 18.4 Å². The molecule has 1 saturated heterocycles. The standard InChI is InChI=1S/C17H17F3N6O2/c18-17(19,20)14-1-2-15-21-8-13(26(15)24-14)12-7-16(23-10-22-12)25-4-6-28-11(9-25)3-5-27/h1-2,7-8,10-11,27H,3-6,9H2. The van der Waals surface area contributed by atoms with E-state index in [1.54, 1.807) is 6.07 Å². The Balaban J connectivity index is 1.68. The number of anilines is 1. The first-order valence-electron chi connectivity index (χ1n) is 8.67. The van der Waals surface area contributed by atoms with Gasteiger partial charge in [-0.3, -0.25) is 0 Å². The zero-order valence-corrected chi connectivity index (χ0v) is 14.7. The number of fused-ring (bicyclic) bond motifs is 1. The molecule has 1 aliphatic rings. The molecule has 1 N–H and O–H groups in total. The molecular weight excluding hydrogens is 377 g/mol. The average molecular weight is 394 g/mol. The molecule has 4 heterocycles. The van der Waals surface area contributed by atoms with E-state index in [9.17, 15) is 13.2 Å². The zero-order valence-electron chi connectivity index (χ0n) is 14.7. The number of hydrogen-bond donors (Lipinski definition) is 1. The Morgan fingerprint density at radius 2 is 2.07 bits per heavy atom. The van der Waals surface area contributed by atoms with E-state index in [0.29, 0.717) is 43.3 Å². The van der Waals surface area contributed by atoms with Crippen molar-refractivity contribution in [2.24, 2.45) is 0 Å². The van der Waals surface area contributed by atoms with E-state index in [2.05, 4.69) is 20.1 Å². The highest BCUT2D eigenvalue weighted by Crippen LogP contribution is 2.29. The maximum atomic E-state index is 13.0. The van der Waals surface area contributed by atoms with Crippen LogP contribution in [0, 0.1) is 0 Å². The first-order chi connectivity index (χ1) is 13.5. The van der Waals surface area contributed by atoms with Gasteiger partial charge < -0.3 is 14.7 Å². The minimum absolute atomic E-state index is 0.0303. The second-order valence-electron chi connectivity index (χ2n) is 6.34. The summed E-state index contributed by atoms with van der Waals surface area (Å²) in [5, 5.41) is 12.8. The number of alkyl halides is 3. The average Bonchev–Trinajstić information content (AvgIpc) is 3.11. The summed E-state index contributed by atoms with van der Waals surface area (Å²) >= 11 is 0. The maximum absolute atomic E-state index is 13.0. The number of imidazole rings is 1. The molecule has 28 heavy (non-hydrogen) atoms. The molecule has 1 aliphatic heterocycles. The van der Waals surface area contributed by atoms with Crippen LogP contribution in [0.25, 0.3) is 17.0 Å². The van der Waals surface area contributed by atoms with E-state index in [1.165, 1.54) is 18.6 Å². The number of aliphatic hydroxyl groups excluding tert-OH is 1. The van der Waals surface area contributed by atoms with Crippen molar-refractivity contribution < 1.29 is 23.0 Å². The quantitative estimate of drug-likeness (QED) is 0.722. The Kier molecular flexibility index (Phi) is 4.85. The summed E-state index contributed by atoms with van der Waals surface area (Å²) in [7, 11) is 0. The predicted octanol–water partition coefficient (Wildman–Crippen LogP) is 1.79. The molecule has 0 saturated carbocycles. The molecule has 148 valence electrons. The molecule has 0 aromatic carbocycles. The van der Waals surface area contributed by atoms with Crippen LogP contribution >= 0.6 is 0 Å². The normalized spacial score (nSPS) is 18.0. The van der Waals surface area contributed by atoms with Gasteiger partial charge in [-0.05, 0) is 18.6 Å². The van der Waals surface area contributed by atoms with Crippen LogP contribution < -0.4 is 4.90 Å². The molecule has 0 aliphatic carbocycles. The molecule has 0 radical (unpaired) electrons. The van der Waals surface area contributed by atoms with Crippen molar-refractivity contribution in [1.82, 2.24) is 24.6 Å². The van der Waals surface area contributed by atoms with Gasteiger partial charge in [-0.2, -0.15) is 18.3 Å². The van der Waals surface area contributed by atoms with Gasteiger partial charge in [0.25, 0.3) is 0 Å². The van der Waals surface area contributed by atoms with Crippen LogP contribution in [0.3, 0.4) is 0 Å². The topological polar surface area (TPSA) is 88.7 Å². The number of rotatable bonds is 4. The Morgan fingerprint density at radius 3 is 2.86 bits per heavy atom. The summed E-state index contributed by atoms with van der Waals surface area (Å²) in [6, 6.07) is 3.85. The molecule has 4 rings (SSSR count). The third kappa shape index (κ3) is 3.62. The summed E-state index contributed by atoms with van der Waals surface area (Å²) in [6.45, 7) is 1.70. The van der Waals surface area contributed by atoms with Crippen molar-refractivity contribution in [3.63, 3.8) is 0 Å². The maximum Gasteiger partial charge on any atom is 0.435 e. The summed E-state index contributed by atoms with van der Waals surface area (Å²) in [5.74, 6) is 0.623. The summed E-state index contributed by atoms with van der Waals surface area (Å²) in [4.78, 5) is 14.6. The highest BCUT2D eigenvalue weighted by molar-refractivity contribution is 5.62. The Labute approximate surface area is 157 Å². The van der Waals surface area contributed by atoms with Crippen LogP contribution in [0.4, 0.5) is 19.0 Å². The van der Waals surface area contributed by atoms with Crippen molar-refractivity contribution in [1.29, 1.82) is 0 Å². The van der Waals surface area contributed by atoms with Crippen LogP contribution in [0.5, 0.6) is 0 Å². The summed E-state index contributed by atoms with van der Waals surface area (Å²) in [6.07, 6.45) is -1.35. The molecule has 3 aromatic heterocycles. The van der Waals surface area contributed by atoms with Crippen LogP contribution in [0.2, 0.25) is 0 Å². The fourth-order valence-corrected chi connectivity index (χ4v) is 3.11. The van der Waals surface area contributed by atoms with Gasteiger partial charge >= 0.3 is 6.18 Å². The molecule has 1 fully saturated rings. The molecule has 1 atom stereocenters. The van der Waals surface area contributed by atoms with E-state index in [0.717, 1.165) is 10.6 Å². The van der Waals surface area contributed by atoms with Crippen molar-refractivity contribution in [3.05, 3.63) is 36.4 Å². The first-order valence-corrected chi connectivity index (χ1v) is 8.67. The fourth-order valence-electron chi connectivity index (χ4n) is 3.11. The number of ether oxygens (including phenoxy) is 1. The van der Waals surface area contributed by atoms with Crippen molar-refractivity contribution in [3.8, 4) is 11.4 Å². The van der Waals surface area contributed by atoms with Gasteiger partial charge in [0.2, 0.25) is 0 Å². The van der Waals surface area contributed by atoms with E-state index >= 15 is 0 Å². The SMILES string of the molecule is OCCC1CN(c2cc(-c3cnc4ccc(C(F)(F)F)nn34)ncn2)CCO1. The van der Waals surface area contributed by atoms with Crippen molar-refractivity contribution in [2.45, 2.75) is 18.7 Å². The third-order valence-electron chi connectivity index (χ3n) is 4.48. The largest absolute Gasteiger partial charge is 0.435 e. The summed E-state index contributed by atoms with van der Waals surface area (Å²) in [5.41, 5.74) is 0.0329. The Morgan fingerprint density at radius 1 is 1.21 bits per heavy atom. The van der Waals surface area contributed by atoms with Gasteiger partial charge in [0.05, 0.1) is 24.6 Å². The van der Waals surface area contributed by atoms with Gasteiger partial charge in [-0.25, -0.2) is 19.5 Å². The van der Waals surface area contributed by atoms with Crippen LogP contribution in [-0.4, -0.2) is 62.1 Å². The summed E-state index contributed by atoms with van der Waals surface area (Å²) < 4.78 is 45.7. The predicted molar refractivity (Wildman–Crippen MR) is 92.7 cm³/mol. The lowest BCUT2D eigenvalue weighted by Gasteiger charge is -2.33. The van der Waals surface area contributed by atoms with Crippen molar-refractivity contribution in [2.75, 3.05) is 31.2 Å². The lowest BCUT2D eigenvalue weighted by Crippen LogP contribution is -2.43. The Hall–Kier alpha value is -2.79. The molecule has 11 heteroatoms. The second-order valence-corrected chi connectivity index (χ2v) is 6.34. The number of aromatic nitrogens is 5. The van der Waals surface area contributed by atoms with E-state index in [1.807, 2.05) is 4.90 Å². The number of halogens is 3.